The van der Waals surface area contributed by atoms with Crippen LogP contribution < -0.4 is 20.2 Å². The van der Waals surface area contributed by atoms with Gasteiger partial charge in [0, 0.05) is 30.4 Å². The fourth-order valence-electron chi connectivity index (χ4n) is 2.11. The van der Waals surface area contributed by atoms with Gasteiger partial charge >= 0.3 is 35.6 Å². The first-order chi connectivity index (χ1) is 11.0. The summed E-state index contributed by atoms with van der Waals surface area (Å²) in [7, 11) is 15.8. The van der Waals surface area contributed by atoms with Crippen LogP contribution in [0.2, 0.25) is 0 Å². The van der Waals surface area contributed by atoms with Crippen LogP contribution in [0, 0.1) is 6.92 Å². The van der Waals surface area contributed by atoms with E-state index in [1.165, 1.54) is 16.6 Å². The number of methoxy groups -OCH3 is 1. The first-order valence-corrected chi connectivity index (χ1v) is 12.1. The molecular weight excluding hydrogens is 388 g/mol. The Balaban J connectivity index is 0.000000816. The van der Waals surface area contributed by atoms with Gasteiger partial charge in [-0.05, 0) is 24.6 Å². The molecule has 0 fully saturated rings. The molecule has 0 saturated carbocycles. The number of phenols is 1. The molecule has 3 nitrogen and oxygen atoms in total. The van der Waals surface area contributed by atoms with Gasteiger partial charge in [0.15, 0.2) is 11.5 Å². The Hall–Kier alpha value is -0.436. The van der Waals surface area contributed by atoms with Crippen molar-refractivity contribution >= 4 is 43.5 Å². The van der Waals surface area contributed by atoms with E-state index in [0.717, 1.165) is 5.30 Å². The number of aryl methyl sites for hydroxylation is 1. The molecule has 0 heterocycles. The molecule has 2 rings (SSSR count). The van der Waals surface area contributed by atoms with Gasteiger partial charge in [0.05, 0.1) is 7.11 Å². The van der Waals surface area contributed by atoms with E-state index in [0.29, 0.717) is 14.3 Å². The summed E-state index contributed by atoms with van der Waals surface area (Å²) < 4.78 is 5.18. The van der Waals surface area contributed by atoms with E-state index < -0.39 is 17.0 Å². The Kier molecular flexibility index (Phi) is 9.35. The monoisotopic (exact) mass is 407 g/mol. The summed E-state index contributed by atoms with van der Waals surface area (Å²) in [5, 5.41) is 12.4. The fourth-order valence-corrected chi connectivity index (χ4v) is 3.52. The molecule has 0 aliphatic heterocycles. The van der Waals surface area contributed by atoms with Gasteiger partial charge in [-0.2, -0.15) is 0 Å². The second-order valence-corrected chi connectivity index (χ2v) is 8.78. The molecule has 1 atom stereocenters. The van der Waals surface area contributed by atoms with Crippen molar-refractivity contribution in [2.45, 2.75) is 6.92 Å². The number of nitrogens with zero attached hydrogens (tertiary/aromatic N) is 1. The molecule has 0 aliphatic rings. The van der Waals surface area contributed by atoms with Crippen LogP contribution in [-0.2, 0) is 17.0 Å². The molecule has 0 radical (unpaired) electrons. The van der Waals surface area contributed by atoms with Crippen molar-refractivity contribution in [2.75, 3.05) is 26.1 Å². The maximum atomic E-state index is 10.2. The third-order valence-corrected chi connectivity index (χ3v) is 4.78. The van der Waals surface area contributed by atoms with Crippen LogP contribution in [0.1, 0.15) is 5.56 Å². The summed E-state index contributed by atoms with van der Waals surface area (Å²) in [6.07, 6.45) is 0. The molecule has 2 aromatic rings. The first-order valence-electron chi connectivity index (χ1n) is 6.82. The topological polar surface area (TPSA) is 32.7 Å². The third-order valence-electron chi connectivity index (χ3n) is 3.21. The number of benzene rings is 2. The molecule has 124 valence electrons. The summed E-state index contributed by atoms with van der Waals surface area (Å²) in [5.41, 5.74) is 2.42. The predicted molar refractivity (Wildman–Crippen MR) is 99.5 cm³/mol. The average molecular weight is 408 g/mol. The average Bonchev–Trinajstić information content (AvgIpc) is 2.51. The minimum atomic E-state index is -0.556. The molecule has 0 amide bonds. The number of para-hydroxylation sites is 1. The zero-order valence-electron chi connectivity index (χ0n) is 13.5. The van der Waals surface area contributed by atoms with Crippen molar-refractivity contribution in [3.8, 4) is 11.5 Å². The molecule has 0 spiro atoms. The molecular formula is C16H20Cl2NO2PTi. The van der Waals surface area contributed by atoms with E-state index in [-0.39, 0.29) is 5.75 Å². The van der Waals surface area contributed by atoms with Crippen LogP contribution in [0.15, 0.2) is 36.4 Å². The van der Waals surface area contributed by atoms with Crippen molar-refractivity contribution in [2.24, 2.45) is 0 Å². The summed E-state index contributed by atoms with van der Waals surface area (Å²) in [6, 6.07) is 11.9. The molecule has 2 aromatic carbocycles. The number of aromatic hydroxyl groups is 1. The van der Waals surface area contributed by atoms with Gasteiger partial charge in [0.1, 0.15) is 0 Å². The van der Waals surface area contributed by atoms with E-state index in [9.17, 15) is 5.11 Å². The van der Waals surface area contributed by atoms with E-state index >= 15 is 0 Å². The number of hydrogen-bond acceptors (Lipinski definition) is 3. The second-order valence-electron chi connectivity index (χ2n) is 4.92. The van der Waals surface area contributed by atoms with Crippen molar-refractivity contribution < 1.29 is 26.9 Å². The Morgan fingerprint density at radius 3 is 2.30 bits per heavy atom. The minimum absolute atomic E-state index is 0.237. The van der Waals surface area contributed by atoms with E-state index in [1.54, 1.807) is 13.2 Å². The maximum absolute atomic E-state index is 10.2. The summed E-state index contributed by atoms with van der Waals surface area (Å²) in [4.78, 5) is 2.10. The van der Waals surface area contributed by atoms with Crippen LogP contribution >= 0.6 is 27.2 Å². The van der Waals surface area contributed by atoms with Gasteiger partial charge in [0.25, 0.3) is 0 Å². The summed E-state index contributed by atoms with van der Waals surface area (Å²) >= 11 is -0.556. The zero-order chi connectivity index (χ0) is 17.4. The molecule has 0 aliphatic carbocycles. The number of anilines is 1. The molecule has 0 aromatic heterocycles. The van der Waals surface area contributed by atoms with Crippen molar-refractivity contribution in [3.63, 3.8) is 0 Å². The van der Waals surface area contributed by atoms with Gasteiger partial charge in [-0.25, -0.2) is 0 Å². The van der Waals surface area contributed by atoms with Crippen LogP contribution in [0.4, 0.5) is 5.69 Å². The van der Waals surface area contributed by atoms with Crippen LogP contribution in [0.5, 0.6) is 11.5 Å². The Morgan fingerprint density at radius 2 is 1.74 bits per heavy atom. The predicted octanol–water partition coefficient (Wildman–Crippen LogP) is 3.78. The van der Waals surface area contributed by atoms with Crippen molar-refractivity contribution in [1.29, 1.82) is 0 Å². The third kappa shape index (κ3) is 5.85. The fraction of sp³-hybridized carbons (Fsp3) is 0.250. The van der Waals surface area contributed by atoms with Gasteiger partial charge in [-0.3, -0.25) is 0 Å². The second kappa shape index (κ2) is 10.4. The molecule has 1 N–H and O–H groups in total. The van der Waals surface area contributed by atoms with Gasteiger partial charge in [0.2, 0.25) is 0 Å². The molecule has 0 saturated heterocycles. The Morgan fingerprint density at radius 1 is 1.13 bits per heavy atom. The van der Waals surface area contributed by atoms with Crippen LogP contribution in [0.3, 0.4) is 0 Å². The van der Waals surface area contributed by atoms with Gasteiger partial charge in [-0.1, -0.05) is 32.8 Å². The standard InChI is InChI=1S/C16H20NO2P.2ClH.Ti/c1-11-7-5-8-12(17(2)3)16(11)20-14-10-6-9-13(19-4)15(14)18;;;/h5-10,18,20H,1-4H3;2*1H;/q;;;+2/p-2. The number of rotatable bonds is 4. The van der Waals surface area contributed by atoms with Crippen LogP contribution in [0.25, 0.3) is 0 Å². The van der Waals surface area contributed by atoms with E-state index in [1.807, 2.05) is 26.2 Å². The summed E-state index contributed by atoms with van der Waals surface area (Å²) in [5.74, 6) is 0.760. The Labute approximate surface area is 156 Å². The van der Waals surface area contributed by atoms with Gasteiger partial charge < -0.3 is 14.7 Å². The first kappa shape index (κ1) is 20.6. The van der Waals surface area contributed by atoms with Crippen molar-refractivity contribution in [3.05, 3.63) is 42.0 Å². The molecule has 0 bridgehead atoms. The van der Waals surface area contributed by atoms with Gasteiger partial charge in [-0.15, -0.1) is 0 Å². The number of hydrogen-bond donors (Lipinski definition) is 1. The van der Waals surface area contributed by atoms with E-state index in [4.69, 9.17) is 23.3 Å². The SMILES string of the molecule is COc1cccc(Pc2c(C)cccc2N(C)C)c1O.[Cl][Ti][Cl]. The number of ether oxygens (including phenoxy) is 1. The van der Waals surface area contributed by atoms with Crippen LogP contribution in [-0.4, -0.2) is 26.3 Å². The molecule has 1 unspecified atom stereocenters. The van der Waals surface area contributed by atoms with Crippen molar-refractivity contribution in [1.82, 2.24) is 0 Å². The Bertz CT molecular complexity index is 641. The zero-order valence-corrected chi connectivity index (χ0v) is 17.6. The number of phenolic OH excluding ortho intramolecular Hbond substituents is 1. The quantitative estimate of drug-likeness (QED) is 0.618. The normalized spacial score (nSPS) is 10.2. The number of halogens is 2. The summed E-state index contributed by atoms with van der Waals surface area (Å²) in [6.45, 7) is 2.10. The molecule has 23 heavy (non-hydrogen) atoms. The molecule has 7 heteroatoms. The van der Waals surface area contributed by atoms with E-state index in [2.05, 4.69) is 30.0 Å².